The van der Waals surface area contributed by atoms with Gasteiger partial charge in [-0.05, 0) is 77.3 Å². The number of ether oxygens (including phenoxy) is 1. The van der Waals surface area contributed by atoms with Crippen molar-refractivity contribution in [1.82, 2.24) is 10.2 Å². The van der Waals surface area contributed by atoms with Gasteiger partial charge in [-0.25, -0.2) is 4.79 Å². The Hall–Kier alpha value is -2.70. The van der Waals surface area contributed by atoms with Gasteiger partial charge in [-0.15, -0.1) is 5.10 Å². The van der Waals surface area contributed by atoms with Gasteiger partial charge in [0.15, 0.2) is 0 Å². The molecule has 0 unspecified atom stereocenters. The van der Waals surface area contributed by atoms with Gasteiger partial charge in [0, 0.05) is 18.8 Å². The van der Waals surface area contributed by atoms with Gasteiger partial charge in [0.1, 0.15) is 11.4 Å². The fourth-order valence-electron chi connectivity index (χ4n) is 3.78. The summed E-state index contributed by atoms with van der Waals surface area (Å²) in [4.78, 5) is 26.5. The molecule has 1 aromatic carbocycles. The summed E-state index contributed by atoms with van der Waals surface area (Å²) >= 11 is 0. The topological polar surface area (TPSA) is 83.4 Å². The van der Waals surface area contributed by atoms with Crippen LogP contribution in [0, 0.1) is 0 Å². The van der Waals surface area contributed by atoms with E-state index in [9.17, 15) is 9.59 Å². The van der Waals surface area contributed by atoms with Crippen molar-refractivity contribution in [3.63, 3.8) is 0 Å². The highest BCUT2D eigenvalue weighted by atomic mass is 16.6. The van der Waals surface area contributed by atoms with Gasteiger partial charge in [-0.1, -0.05) is 37.6 Å². The third-order valence-corrected chi connectivity index (χ3v) is 5.52. The van der Waals surface area contributed by atoms with E-state index in [2.05, 4.69) is 34.6 Å². The van der Waals surface area contributed by atoms with Crippen molar-refractivity contribution in [3.8, 4) is 0 Å². The first-order chi connectivity index (χ1) is 15.6. The highest BCUT2D eigenvalue weighted by Gasteiger charge is 2.27. The summed E-state index contributed by atoms with van der Waals surface area (Å²) in [5.74, 6) is 0.770. The second-order valence-corrected chi connectivity index (χ2v) is 9.84. The van der Waals surface area contributed by atoms with Gasteiger partial charge >= 0.3 is 6.09 Å². The number of amides is 2. The summed E-state index contributed by atoms with van der Waals surface area (Å²) in [6, 6.07) is 8.18. The molecule has 1 N–H and O–H groups in total. The van der Waals surface area contributed by atoms with Gasteiger partial charge in [-0.2, -0.15) is 5.10 Å². The Morgan fingerprint density at radius 3 is 2.48 bits per heavy atom. The van der Waals surface area contributed by atoms with Gasteiger partial charge in [0.25, 0.3) is 0 Å². The molecule has 1 aromatic rings. The molecule has 0 radical (unpaired) electrons. The van der Waals surface area contributed by atoms with Crippen molar-refractivity contribution in [2.24, 2.45) is 10.2 Å². The maximum atomic E-state index is 12.5. The van der Waals surface area contributed by atoms with Crippen LogP contribution >= 0.6 is 0 Å². The summed E-state index contributed by atoms with van der Waals surface area (Å²) in [5, 5.41) is 11.1. The zero-order valence-electron chi connectivity index (χ0n) is 21.1. The van der Waals surface area contributed by atoms with Crippen LogP contribution in [0.25, 0.3) is 0 Å². The Balaban J connectivity index is 1.88. The normalized spacial score (nSPS) is 16.0. The monoisotopic (exact) mass is 456 g/mol. The van der Waals surface area contributed by atoms with Gasteiger partial charge < -0.3 is 15.0 Å². The van der Waals surface area contributed by atoms with Crippen LogP contribution in [0.4, 0.5) is 4.79 Å². The molecule has 0 bridgehead atoms. The van der Waals surface area contributed by atoms with Crippen molar-refractivity contribution in [3.05, 3.63) is 35.4 Å². The van der Waals surface area contributed by atoms with E-state index in [4.69, 9.17) is 4.74 Å². The Kier molecular flexibility index (Phi) is 10.1. The molecule has 1 aliphatic heterocycles. The first-order valence-electron chi connectivity index (χ1n) is 12.0. The van der Waals surface area contributed by atoms with Gasteiger partial charge in [0.05, 0.1) is 6.42 Å². The van der Waals surface area contributed by atoms with Crippen LogP contribution in [0.2, 0.25) is 0 Å². The number of nitrogens with zero attached hydrogens (tertiary/aromatic N) is 3. The van der Waals surface area contributed by atoms with Crippen LogP contribution in [0.1, 0.15) is 90.7 Å². The fraction of sp³-hybridized carbons (Fsp3) is 0.615. The highest BCUT2D eigenvalue weighted by Crippen LogP contribution is 2.29. The summed E-state index contributed by atoms with van der Waals surface area (Å²) < 4.78 is 5.49. The lowest BCUT2D eigenvalue weighted by Crippen LogP contribution is -2.41. The molecule has 182 valence electrons. The first kappa shape index (κ1) is 26.6. The summed E-state index contributed by atoms with van der Waals surface area (Å²) in [6.07, 6.45) is 4.95. The fourth-order valence-corrected chi connectivity index (χ4v) is 3.78. The Labute approximate surface area is 198 Å². The third-order valence-electron chi connectivity index (χ3n) is 5.52. The number of piperidine rings is 1. The Morgan fingerprint density at radius 2 is 1.85 bits per heavy atom. The molecule has 1 saturated heterocycles. The van der Waals surface area contributed by atoms with Crippen LogP contribution in [-0.4, -0.2) is 47.1 Å². The molecule has 1 heterocycles. The van der Waals surface area contributed by atoms with E-state index in [0.717, 1.165) is 43.4 Å². The first-order valence-corrected chi connectivity index (χ1v) is 12.0. The molecule has 0 aromatic heterocycles. The molecule has 2 amide bonds. The number of rotatable bonds is 7. The average molecular weight is 457 g/mol. The lowest BCUT2D eigenvalue weighted by atomic mass is 9.88. The molecule has 0 saturated carbocycles. The van der Waals surface area contributed by atoms with E-state index in [0.29, 0.717) is 24.8 Å². The number of hydrogen-bond donors (Lipinski definition) is 1. The van der Waals surface area contributed by atoms with Crippen LogP contribution in [-0.2, 0) is 16.0 Å². The largest absolute Gasteiger partial charge is 0.444 e. The minimum atomic E-state index is -0.480. The Morgan fingerprint density at radius 1 is 1.15 bits per heavy atom. The molecule has 0 aliphatic carbocycles. The molecule has 0 atom stereocenters. The zero-order valence-corrected chi connectivity index (χ0v) is 21.1. The average Bonchev–Trinajstić information content (AvgIpc) is 2.75. The molecule has 0 spiro atoms. The van der Waals surface area contributed by atoms with E-state index in [1.54, 1.807) is 11.8 Å². The van der Waals surface area contributed by atoms with E-state index in [1.165, 1.54) is 5.56 Å². The number of carbonyl (C=O) groups is 2. The number of carbonyl (C=O) groups excluding carboxylic acids is 2. The maximum absolute atomic E-state index is 12.5. The smallest absolute Gasteiger partial charge is 0.410 e. The van der Waals surface area contributed by atoms with Crippen molar-refractivity contribution < 1.29 is 14.3 Å². The molecule has 7 heteroatoms. The van der Waals surface area contributed by atoms with Gasteiger partial charge in [-0.3, -0.25) is 4.79 Å². The number of benzene rings is 1. The second-order valence-electron chi connectivity index (χ2n) is 9.84. The molecular formula is C26H40N4O3. The quantitative estimate of drug-likeness (QED) is 0.337. The van der Waals surface area contributed by atoms with Crippen molar-refractivity contribution in [1.29, 1.82) is 0 Å². The van der Waals surface area contributed by atoms with Crippen molar-refractivity contribution in [2.45, 2.75) is 91.6 Å². The minimum absolute atomic E-state index is 0.102. The van der Waals surface area contributed by atoms with Crippen LogP contribution in [0.5, 0.6) is 0 Å². The molecule has 2 rings (SSSR count). The van der Waals surface area contributed by atoms with E-state index < -0.39 is 5.60 Å². The Bertz CT molecular complexity index is 863. The number of hydrogen-bond acceptors (Lipinski definition) is 5. The lowest BCUT2D eigenvalue weighted by Gasteiger charge is -2.33. The maximum Gasteiger partial charge on any atom is 0.410 e. The number of unbranched alkanes of at least 4 members (excludes halogenated alkanes) is 1. The highest BCUT2D eigenvalue weighted by molar-refractivity contribution is 5.98. The molecule has 1 aliphatic rings. The van der Waals surface area contributed by atoms with Crippen molar-refractivity contribution >= 4 is 23.5 Å². The lowest BCUT2D eigenvalue weighted by molar-refractivity contribution is -0.119. The van der Waals surface area contributed by atoms with Gasteiger partial charge in [0.2, 0.25) is 5.91 Å². The number of amidine groups is 1. The van der Waals surface area contributed by atoms with Crippen LogP contribution in [0.15, 0.2) is 34.5 Å². The zero-order chi connectivity index (χ0) is 24.4. The SMILES string of the molecule is CCCCC(C)=NN=C(C)NC(=O)Cc1cccc(C2CCN(C(=O)OC(C)(C)C)CC2)c1. The van der Waals surface area contributed by atoms with E-state index in [1.807, 2.05) is 39.8 Å². The second kappa shape index (κ2) is 12.5. The summed E-state index contributed by atoms with van der Waals surface area (Å²) in [6.45, 7) is 12.9. The van der Waals surface area contributed by atoms with Crippen LogP contribution in [0.3, 0.4) is 0 Å². The van der Waals surface area contributed by atoms with Crippen LogP contribution < -0.4 is 5.32 Å². The minimum Gasteiger partial charge on any atom is -0.444 e. The van der Waals surface area contributed by atoms with Crippen molar-refractivity contribution in [2.75, 3.05) is 13.1 Å². The number of likely N-dealkylation sites (tertiary alicyclic amines) is 1. The third kappa shape index (κ3) is 9.76. The molecule has 1 fully saturated rings. The predicted octanol–water partition coefficient (Wildman–Crippen LogP) is 5.44. The summed E-state index contributed by atoms with van der Waals surface area (Å²) in [7, 11) is 0. The van der Waals surface area contributed by atoms with E-state index in [-0.39, 0.29) is 18.4 Å². The molecular weight excluding hydrogens is 416 g/mol. The van der Waals surface area contributed by atoms with E-state index >= 15 is 0 Å². The molecule has 7 nitrogen and oxygen atoms in total. The number of nitrogens with one attached hydrogen (secondary N) is 1. The summed E-state index contributed by atoms with van der Waals surface area (Å²) in [5.41, 5.74) is 2.67. The standard InChI is InChI=1S/C26H40N4O3/c1-7-8-10-19(2)28-29-20(3)27-24(31)18-21-11-9-12-23(17-21)22-13-15-30(16-14-22)25(32)33-26(4,5)6/h9,11-12,17,22H,7-8,10,13-16,18H2,1-6H3,(H,27,29,31). The predicted molar refractivity (Wildman–Crippen MR) is 134 cm³/mol. The molecule has 33 heavy (non-hydrogen) atoms.